The highest BCUT2D eigenvalue weighted by Gasteiger charge is 2.33. The summed E-state index contributed by atoms with van der Waals surface area (Å²) < 4.78 is 1.83. The average molecular weight is 275 g/mol. The highest BCUT2D eigenvalue weighted by molar-refractivity contribution is 5.92. The summed E-state index contributed by atoms with van der Waals surface area (Å²) in [5, 5.41) is 11.4. The van der Waals surface area contributed by atoms with Crippen LogP contribution in [0.3, 0.4) is 0 Å². The minimum absolute atomic E-state index is 0.0716. The van der Waals surface area contributed by atoms with Crippen molar-refractivity contribution in [3.05, 3.63) is 11.9 Å². The van der Waals surface area contributed by atoms with Gasteiger partial charge in [-0.3, -0.25) is 4.79 Å². The number of aromatic nitrogens is 3. The first-order chi connectivity index (χ1) is 9.79. The van der Waals surface area contributed by atoms with E-state index in [0.29, 0.717) is 11.7 Å². The second-order valence-corrected chi connectivity index (χ2v) is 6.49. The van der Waals surface area contributed by atoms with Crippen LogP contribution in [0, 0.1) is 11.8 Å². The molecule has 2 heterocycles. The zero-order chi connectivity index (χ0) is 13.5. The lowest BCUT2D eigenvalue weighted by atomic mass is 10.2. The Morgan fingerprint density at radius 2 is 1.90 bits per heavy atom. The summed E-state index contributed by atoms with van der Waals surface area (Å²) >= 11 is 0. The Bertz CT molecular complexity index is 487. The minimum atomic E-state index is 0.0716. The first kappa shape index (κ1) is 12.3. The standard InChI is InChI=1S/C14H21N5O/c20-14(13-9-19(17-16-13)12-5-15-6-12)18(7-10-1-2-10)8-11-3-4-11/h9-12,15H,1-8H2. The topological polar surface area (TPSA) is 63.1 Å². The number of nitrogens with zero attached hydrogens (tertiary/aromatic N) is 4. The van der Waals surface area contributed by atoms with Crippen LogP contribution in [-0.2, 0) is 0 Å². The van der Waals surface area contributed by atoms with Crippen LogP contribution in [0.2, 0.25) is 0 Å². The number of hydrogen-bond donors (Lipinski definition) is 1. The van der Waals surface area contributed by atoms with Gasteiger partial charge in [0, 0.05) is 26.2 Å². The van der Waals surface area contributed by atoms with E-state index in [1.807, 2.05) is 15.8 Å². The number of carbonyl (C=O) groups is 1. The summed E-state index contributed by atoms with van der Waals surface area (Å²) in [7, 11) is 0. The summed E-state index contributed by atoms with van der Waals surface area (Å²) in [5.41, 5.74) is 0.512. The maximum absolute atomic E-state index is 12.6. The molecule has 2 saturated carbocycles. The number of nitrogens with one attached hydrogen (secondary N) is 1. The predicted octanol–water partition coefficient (Wildman–Crippen LogP) is 0.685. The van der Waals surface area contributed by atoms with E-state index in [1.165, 1.54) is 25.7 Å². The van der Waals surface area contributed by atoms with Crippen LogP contribution in [0.25, 0.3) is 0 Å². The molecule has 4 rings (SSSR count). The summed E-state index contributed by atoms with van der Waals surface area (Å²) in [5.74, 6) is 1.52. The third-order valence-corrected chi connectivity index (χ3v) is 4.50. The van der Waals surface area contributed by atoms with E-state index < -0.39 is 0 Å². The fourth-order valence-corrected chi connectivity index (χ4v) is 2.64. The van der Waals surface area contributed by atoms with E-state index in [2.05, 4.69) is 15.6 Å². The van der Waals surface area contributed by atoms with Crippen LogP contribution in [-0.4, -0.2) is 52.0 Å². The highest BCUT2D eigenvalue weighted by atomic mass is 16.2. The van der Waals surface area contributed by atoms with Crippen LogP contribution >= 0.6 is 0 Å². The van der Waals surface area contributed by atoms with E-state index in [9.17, 15) is 4.79 Å². The third kappa shape index (κ3) is 2.57. The van der Waals surface area contributed by atoms with Crippen molar-refractivity contribution in [2.75, 3.05) is 26.2 Å². The van der Waals surface area contributed by atoms with Gasteiger partial charge in [-0.1, -0.05) is 5.21 Å². The summed E-state index contributed by atoms with van der Waals surface area (Å²) in [6.07, 6.45) is 6.91. The van der Waals surface area contributed by atoms with Crippen LogP contribution in [0.4, 0.5) is 0 Å². The molecule has 0 atom stereocenters. The minimum Gasteiger partial charge on any atom is -0.337 e. The highest BCUT2D eigenvalue weighted by Crippen LogP contribution is 2.34. The molecule has 6 nitrogen and oxygen atoms in total. The summed E-state index contributed by atoms with van der Waals surface area (Å²) in [6.45, 7) is 3.66. The molecule has 20 heavy (non-hydrogen) atoms. The van der Waals surface area contributed by atoms with Gasteiger partial charge in [-0.25, -0.2) is 4.68 Å². The fraction of sp³-hybridized carbons (Fsp3) is 0.786. The van der Waals surface area contributed by atoms with Crippen LogP contribution in [0.5, 0.6) is 0 Å². The molecule has 1 aromatic heterocycles. The van der Waals surface area contributed by atoms with Crippen molar-refractivity contribution in [1.29, 1.82) is 0 Å². The van der Waals surface area contributed by atoms with E-state index in [4.69, 9.17) is 0 Å². The van der Waals surface area contributed by atoms with Crippen LogP contribution in [0.1, 0.15) is 42.2 Å². The van der Waals surface area contributed by atoms with Crippen molar-refractivity contribution in [3.63, 3.8) is 0 Å². The molecule has 108 valence electrons. The van der Waals surface area contributed by atoms with Gasteiger partial charge in [0.1, 0.15) is 0 Å². The second-order valence-electron chi connectivity index (χ2n) is 6.49. The molecule has 0 radical (unpaired) electrons. The number of carbonyl (C=O) groups excluding carboxylic acids is 1. The van der Waals surface area contributed by atoms with E-state index >= 15 is 0 Å². The molecule has 1 aromatic rings. The predicted molar refractivity (Wildman–Crippen MR) is 73.3 cm³/mol. The Morgan fingerprint density at radius 3 is 2.40 bits per heavy atom. The van der Waals surface area contributed by atoms with E-state index in [1.54, 1.807) is 0 Å². The normalized spacial score (nSPS) is 22.6. The van der Waals surface area contributed by atoms with Gasteiger partial charge in [0.2, 0.25) is 0 Å². The van der Waals surface area contributed by atoms with E-state index in [-0.39, 0.29) is 5.91 Å². The van der Waals surface area contributed by atoms with Crippen molar-refractivity contribution in [2.24, 2.45) is 11.8 Å². The van der Waals surface area contributed by atoms with E-state index in [0.717, 1.165) is 38.0 Å². The molecule has 3 aliphatic rings. The lowest BCUT2D eigenvalue weighted by Gasteiger charge is -2.26. The molecular formula is C14H21N5O. The number of rotatable bonds is 6. The molecule has 0 aromatic carbocycles. The quantitative estimate of drug-likeness (QED) is 0.829. The summed E-state index contributed by atoms with van der Waals surface area (Å²) in [6, 6.07) is 0.365. The van der Waals surface area contributed by atoms with Gasteiger partial charge in [0.25, 0.3) is 5.91 Å². The molecule has 1 amide bonds. The maximum Gasteiger partial charge on any atom is 0.276 e. The Balaban J connectivity index is 1.45. The second kappa shape index (κ2) is 4.84. The van der Waals surface area contributed by atoms with Gasteiger partial charge in [0.15, 0.2) is 5.69 Å². The Morgan fingerprint density at radius 1 is 1.25 bits per heavy atom. The van der Waals surface area contributed by atoms with Crippen LogP contribution < -0.4 is 5.32 Å². The maximum atomic E-state index is 12.6. The largest absolute Gasteiger partial charge is 0.337 e. The zero-order valence-corrected chi connectivity index (χ0v) is 11.7. The SMILES string of the molecule is O=C(c1cn(C2CNC2)nn1)N(CC1CC1)CC1CC1. The lowest BCUT2D eigenvalue weighted by Crippen LogP contribution is -2.43. The Hall–Kier alpha value is -1.43. The molecule has 0 bridgehead atoms. The molecule has 1 N–H and O–H groups in total. The van der Waals surface area contributed by atoms with Crippen molar-refractivity contribution in [3.8, 4) is 0 Å². The first-order valence-corrected chi connectivity index (χ1v) is 7.71. The first-order valence-electron chi connectivity index (χ1n) is 7.71. The molecule has 0 spiro atoms. The third-order valence-electron chi connectivity index (χ3n) is 4.50. The van der Waals surface area contributed by atoms with Gasteiger partial charge in [-0.05, 0) is 37.5 Å². The number of amides is 1. The molecule has 3 fully saturated rings. The van der Waals surface area contributed by atoms with Crippen molar-refractivity contribution >= 4 is 5.91 Å². The van der Waals surface area contributed by atoms with Crippen molar-refractivity contribution in [2.45, 2.75) is 31.7 Å². The van der Waals surface area contributed by atoms with Crippen molar-refractivity contribution < 1.29 is 4.79 Å². The lowest BCUT2D eigenvalue weighted by molar-refractivity contribution is 0.0733. The monoisotopic (exact) mass is 275 g/mol. The van der Waals surface area contributed by atoms with Gasteiger partial charge >= 0.3 is 0 Å². The molecule has 6 heteroatoms. The van der Waals surface area contributed by atoms with Crippen LogP contribution in [0.15, 0.2) is 6.20 Å². The average Bonchev–Trinajstić information content (AvgIpc) is 3.29. The smallest absolute Gasteiger partial charge is 0.276 e. The molecule has 2 aliphatic carbocycles. The number of hydrogen-bond acceptors (Lipinski definition) is 4. The molecule has 1 saturated heterocycles. The van der Waals surface area contributed by atoms with Crippen molar-refractivity contribution in [1.82, 2.24) is 25.2 Å². The summed E-state index contributed by atoms with van der Waals surface area (Å²) in [4.78, 5) is 14.6. The molecular weight excluding hydrogens is 254 g/mol. The Kier molecular flexibility index (Phi) is 2.98. The van der Waals surface area contributed by atoms with Gasteiger partial charge in [-0.2, -0.15) is 0 Å². The molecule has 1 aliphatic heterocycles. The molecule has 0 unspecified atom stereocenters. The van der Waals surface area contributed by atoms with Gasteiger partial charge < -0.3 is 10.2 Å². The van der Waals surface area contributed by atoms with Gasteiger partial charge in [0.05, 0.1) is 12.2 Å². The van der Waals surface area contributed by atoms with Gasteiger partial charge in [-0.15, -0.1) is 5.10 Å². The zero-order valence-electron chi connectivity index (χ0n) is 11.7. The fourth-order valence-electron chi connectivity index (χ4n) is 2.64. The Labute approximate surface area is 118 Å².